The Bertz CT molecular complexity index is 528. The highest BCUT2D eigenvalue weighted by Gasteiger charge is 2.22. The van der Waals surface area contributed by atoms with Crippen LogP contribution in [0.4, 0.5) is 8.78 Å². The molecule has 0 saturated heterocycles. The van der Waals surface area contributed by atoms with Gasteiger partial charge in [-0.05, 0) is 5.56 Å². The number of nitrogens with two attached hydrogens (primary N) is 1. The zero-order valence-corrected chi connectivity index (χ0v) is 9.86. The molecule has 1 aromatic carbocycles. The van der Waals surface area contributed by atoms with E-state index in [1.807, 2.05) is 0 Å². The Morgan fingerprint density at radius 3 is 2.39 bits per heavy atom. The van der Waals surface area contributed by atoms with E-state index in [2.05, 4.69) is 5.16 Å². The molecule has 0 fully saturated rings. The van der Waals surface area contributed by atoms with Gasteiger partial charge in [-0.2, -0.15) is 8.78 Å². The summed E-state index contributed by atoms with van der Waals surface area (Å²) in [5.74, 6) is -3.57. The second-order valence-electron chi connectivity index (χ2n) is 3.31. The van der Waals surface area contributed by atoms with Gasteiger partial charge in [0.1, 0.15) is 0 Å². The van der Waals surface area contributed by atoms with Gasteiger partial charge in [0.25, 0.3) is 10.0 Å². The first kappa shape index (κ1) is 14.3. The van der Waals surface area contributed by atoms with E-state index < -0.39 is 15.8 Å². The van der Waals surface area contributed by atoms with Crippen LogP contribution in [0.5, 0.6) is 0 Å². The van der Waals surface area contributed by atoms with E-state index in [0.717, 1.165) is 0 Å². The second kappa shape index (κ2) is 5.74. The summed E-state index contributed by atoms with van der Waals surface area (Å²) in [6, 6.07) is 5.89. The molecule has 0 bridgehead atoms. The number of sulfonamides is 1. The molecule has 6 nitrogen and oxygen atoms in total. The van der Waals surface area contributed by atoms with E-state index in [-0.39, 0.29) is 12.4 Å². The maximum atomic E-state index is 12.0. The molecule has 0 aromatic heterocycles. The summed E-state index contributed by atoms with van der Waals surface area (Å²) in [6.07, 6.45) is 0. The number of rotatable bonds is 5. The third-order valence-electron chi connectivity index (χ3n) is 2.07. The fraction of sp³-hybridized carbons (Fsp3) is 0.222. The molecular formula is C9H11F2N3O3S. The van der Waals surface area contributed by atoms with Crippen LogP contribution in [0.3, 0.4) is 0 Å². The highest BCUT2D eigenvalue weighted by atomic mass is 32.2. The molecule has 0 heterocycles. The summed E-state index contributed by atoms with van der Waals surface area (Å²) < 4.78 is 47.4. The van der Waals surface area contributed by atoms with Crippen LogP contribution in [0.2, 0.25) is 0 Å². The Balaban J connectivity index is 2.71. The Labute approximate surface area is 102 Å². The van der Waals surface area contributed by atoms with Gasteiger partial charge in [-0.15, -0.1) is 0 Å². The van der Waals surface area contributed by atoms with Crippen LogP contribution >= 0.6 is 0 Å². The summed E-state index contributed by atoms with van der Waals surface area (Å²) in [5.41, 5.74) is 6.21. The third-order valence-corrected chi connectivity index (χ3v) is 3.09. The Kier molecular flexibility index (Phi) is 4.56. The van der Waals surface area contributed by atoms with Crippen molar-refractivity contribution in [3.05, 3.63) is 35.4 Å². The van der Waals surface area contributed by atoms with Crippen LogP contribution in [-0.4, -0.2) is 25.2 Å². The Hall–Kier alpha value is -1.74. The molecule has 0 aliphatic rings. The van der Waals surface area contributed by atoms with Gasteiger partial charge in [0.2, 0.25) is 0 Å². The van der Waals surface area contributed by atoms with Crippen molar-refractivity contribution < 1.29 is 22.4 Å². The molecule has 0 spiro atoms. The molecule has 1 aromatic rings. The van der Waals surface area contributed by atoms with Crippen LogP contribution < -0.4 is 10.5 Å². The maximum Gasteiger partial charge on any atom is 0.350 e. The molecule has 9 heteroatoms. The van der Waals surface area contributed by atoms with E-state index >= 15 is 0 Å². The van der Waals surface area contributed by atoms with E-state index in [9.17, 15) is 17.2 Å². The largest absolute Gasteiger partial charge is 0.409 e. The zero-order valence-electron chi connectivity index (χ0n) is 9.05. The van der Waals surface area contributed by atoms with Crippen LogP contribution in [0.1, 0.15) is 11.1 Å². The van der Waals surface area contributed by atoms with Crippen molar-refractivity contribution in [2.75, 3.05) is 0 Å². The van der Waals surface area contributed by atoms with Gasteiger partial charge >= 0.3 is 5.76 Å². The minimum absolute atomic E-state index is 0.102. The predicted molar refractivity (Wildman–Crippen MR) is 60.7 cm³/mol. The lowest BCUT2D eigenvalue weighted by Crippen LogP contribution is -2.28. The molecule has 4 N–H and O–H groups in total. The molecule has 1 rings (SSSR count). The van der Waals surface area contributed by atoms with Crippen LogP contribution in [-0.2, 0) is 16.6 Å². The summed E-state index contributed by atoms with van der Waals surface area (Å²) in [4.78, 5) is 0. The fourth-order valence-corrected chi connectivity index (χ4v) is 1.59. The van der Waals surface area contributed by atoms with Gasteiger partial charge < -0.3 is 10.9 Å². The fourth-order valence-electron chi connectivity index (χ4n) is 1.10. The molecule has 0 aliphatic heterocycles. The van der Waals surface area contributed by atoms with Crippen molar-refractivity contribution in [1.29, 1.82) is 0 Å². The zero-order chi connectivity index (χ0) is 13.8. The summed E-state index contributed by atoms with van der Waals surface area (Å²) in [5, 5.41) is 11.2. The smallest absolute Gasteiger partial charge is 0.350 e. The topological polar surface area (TPSA) is 105 Å². The SMILES string of the molecule is NC(=NO)c1ccc(CNS(=O)(=O)C(F)F)cc1. The summed E-state index contributed by atoms with van der Waals surface area (Å²) >= 11 is 0. The van der Waals surface area contributed by atoms with Crippen LogP contribution in [0.25, 0.3) is 0 Å². The molecule has 0 unspecified atom stereocenters. The first-order valence-electron chi connectivity index (χ1n) is 4.70. The number of hydrogen-bond donors (Lipinski definition) is 3. The minimum atomic E-state index is -4.60. The lowest BCUT2D eigenvalue weighted by atomic mass is 10.1. The predicted octanol–water partition coefficient (Wildman–Crippen LogP) is 0.423. The molecule has 0 saturated carbocycles. The van der Waals surface area contributed by atoms with E-state index in [1.54, 1.807) is 4.72 Å². The highest BCUT2D eigenvalue weighted by molar-refractivity contribution is 7.89. The molecule has 0 radical (unpaired) electrons. The number of alkyl halides is 2. The Morgan fingerprint density at radius 1 is 1.39 bits per heavy atom. The number of nitrogens with one attached hydrogen (secondary N) is 1. The van der Waals surface area contributed by atoms with Gasteiger partial charge in [-0.25, -0.2) is 13.1 Å². The quantitative estimate of drug-likeness (QED) is 0.314. The molecule has 100 valence electrons. The number of halogens is 2. The number of oxime groups is 1. The molecule has 18 heavy (non-hydrogen) atoms. The molecule has 0 aliphatic carbocycles. The first-order valence-corrected chi connectivity index (χ1v) is 6.25. The average molecular weight is 279 g/mol. The number of hydrogen-bond acceptors (Lipinski definition) is 4. The molecular weight excluding hydrogens is 268 g/mol. The van der Waals surface area contributed by atoms with Gasteiger partial charge in [0, 0.05) is 12.1 Å². The van der Waals surface area contributed by atoms with E-state index in [0.29, 0.717) is 11.1 Å². The minimum Gasteiger partial charge on any atom is -0.409 e. The second-order valence-corrected chi connectivity index (χ2v) is 5.04. The molecule has 0 amide bonds. The number of benzene rings is 1. The standard InChI is InChI=1S/C9H11F2N3O3S/c10-9(11)18(16,17)13-5-6-1-3-7(4-2-6)8(12)14-15/h1-4,9,13,15H,5H2,(H2,12,14). The lowest BCUT2D eigenvalue weighted by molar-refractivity contribution is 0.232. The lowest BCUT2D eigenvalue weighted by Gasteiger charge is -2.06. The van der Waals surface area contributed by atoms with Crippen molar-refractivity contribution in [2.24, 2.45) is 10.9 Å². The average Bonchev–Trinajstić information content (AvgIpc) is 2.36. The van der Waals surface area contributed by atoms with Gasteiger partial charge in [0.15, 0.2) is 5.84 Å². The van der Waals surface area contributed by atoms with E-state index in [1.165, 1.54) is 24.3 Å². The molecule has 0 atom stereocenters. The van der Waals surface area contributed by atoms with Crippen molar-refractivity contribution >= 4 is 15.9 Å². The van der Waals surface area contributed by atoms with Crippen LogP contribution in [0, 0.1) is 0 Å². The summed E-state index contributed by atoms with van der Waals surface area (Å²) in [6.45, 7) is -0.261. The van der Waals surface area contributed by atoms with Crippen LogP contribution in [0.15, 0.2) is 29.4 Å². The van der Waals surface area contributed by atoms with Crippen molar-refractivity contribution in [3.8, 4) is 0 Å². The monoisotopic (exact) mass is 279 g/mol. The number of nitrogens with zero attached hydrogens (tertiary/aromatic N) is 1. The van der Waals surface area contributed by atoms with Gasteiger partial charge in [0.05, 0.1) is 0 Å². The van der Waals surface area contributed by atoms with Crippen molar-refractivity contribution in [2.45, 2.75) is 12.3 Å². The summed E-state index contributed by atoms with van der Waals surface area (Å²) in [7, 11) is -4.60. The van der Waals surface area contributed by atoms with Crippen molar-refractivity contribution in [3.63, 3.8) is 0 Å². The Morgan fingerprint density at radius 2 is 1.94 bits per heavy atom. The number of amidine groups is 1. The highest BCUT2D eigenvalue weighted by Crippen LogP contribution is 2.07. The maximum absolute atomic E-state index is 12.0. The normalized spacial score (nSPS) is 12.9. The van der Waals surface area contributed by atoms with Gasteiger partial charge in [-0.3, -0.25) is 0 Å². The van der Waals surface area contributed by atoms with Crippen molar-refractivity contribution in [1.82, 2.24) is 4.72 Å². The van der Waals surface area contributed by atoms with Gasteiger partial charge in [-0.1, -0.05) is 29.4 Å². The first-order chi connectivity index (χ1) is 8.36. The third kappa shape index (κ3) is 3.64. The van der Waals surface area contributed by atoms with E-state index in [4.69, 9.17) is 10.9 Å².